The van der Waals surface area contributed by atoms with Crippen molar-refractivity contribution < 1.29 is 13.2 Å². The zero-order chi connectivity index (χ0) is 12.0. The van der Waals surface area contributed by atoms with Gasteiger partial charge < -0.3 is 9.72 Å². The Morgan fingerprint density at radius 1 is 1.50 bits per heavy atom. The first-order chi connectivity index (χ1) is 7.58. The fourth-order valence-electron chi connectivity index (χ4n) is 1.08. The smallest absolute Gasteiger partial charge is 0.245 e. The molecular formula is C9H14N2O4S. The Bertz CT molecular complexity index is 480. The molecule has 1 aromatic heterocycles. The number of rotatable bonds is 6. The molecule has 0 bridgehead atoms. The summed E-state index contributed by atoms with van der Waals surface area (Å²) in [5.41, 5.74) is -0.539. The summed E-state index contributed by atoms with van der Waals surface area (Å²) in [5.74, 6) is 0. The van der Waals surface area contributed by atoms with E-state index in [0.29, 0.717) is 6.61 Å². The predicted molar refractivity (Wildman–Crippen MR) is 58.7 cm³/mol. The van der Waals surface area contributed by atoms with Crippen molar-refractivity contribution in [3.63, 3.8) is 0 Å². The topological polar surface area (TPSA) is 88.3 Å². The minimum absolute atomic E-state index is 0.143. The minimum atomic E-state index is -3.75. The molecule has 0 aliphatic carbocycles. The second-order valence-electron chi connectivity index (χ2n) is 2.97. The second kappa shape index (κ2) is 5.78. The third-order valence-electron chi connectivity index (χ3n) is 1.82. The molecule has 16 heavy (non-hydrogen) atoms. The summed E-state index contributed by atoms with van der Waals surface area (Å²) in [7, 11) is -3.75. The first-order valence-corrected chi connectivity index (χ1v) is 6.30. The fourth-order valence-corrected chi connectivity index (χ4v) is 2.14. The molecule has 7 heteroatoms. The number of pyridine rings is 1. The number of nitrogens with one attached hydrogen (secondary N) is 2. The van der Waals surface area contributed by atoms with Gasteiger partial charge in [0.25, 0.3) is 0 Å². The summed E-state index contributed by atoms with van der Waals surface area (Å²) in [6.45, 7) is 2.76. The van der Waals surface area contributed by atoms with Gasteiger partial charge in [0, 0.05) is 31.6 Å². The first-order valence-electron chi connectivity index (χ1n) is 4.82. The van der Waals surface area contributed by atoms with Gasteiger partial charge >= 0.3 is 0 Å². The van der Waals surface area contributed by atoms with E-state index in [9.17, 15) is 13.2 Å². The summed E-state index contributed by atoms with van der Waals surface area (Å²) in [6, 6.07) is 1.16. The molecule has 0 atom stereocenters. The Labute approximate surface area is 93.7 Å². The average molecular weight is 246 g/mol. The molecule has 0 saturated carbocycles. The van der Waals surface area contributed by atoms with Crippen molar-refractivity contribution >= 4 is 10.0 Å². The Morgan fingerprint density at radius 2 is 2.25 bits per heavy atom. The van der Waals surface area contributed by atoms with Crippen LogP contribution in [0, 0.1) is 0 Å². The molecule has 0 fully saturated rings. The molecule has 0 saturated heterocycles. The van der Waals surface area contributed by atoms with Gasteiger partial charge in [-0.15, -0.1) is 0 Å². The molecule has 0 radical (unpaired) electrons. The summed E-state index contributed by atoms with van der Waals surface area (Å²) in [5, 5.41) is 0. The summed E-state index contributed by atoms with van der Waals surface area (Å²) in [6.07, 6.45) is 2.53. The Kier molecular flexibility index (Phi) is 4.66. The zero-order valence-electron chi connectivity index (χ0n) is 8.89. The van der Waals surface area contributed by atoms with Crippen molar-refractivity contribution in [2.24, 2.45) is 0 Å². The molecule has 0 amide bonds. The average Bonchev–Trinajstić information content (AvgIpc) is 2.25. The van der Waals surface area contributed by atoms with Gasteiger partial charge in [0.1, 0.15) is 4.90 Å². The van der Waals surface area contributed by atoms with E-state index in [0.717, 1.165) is 12.3 Å². The van der Waals surface area contributed by atoms with Crippen molar-refractivity contribution in [2.45, 2.75) is 11.8 Å². The number of aromatic amines is 1. The number of hydrogen-bond donors (Lipinski definition) is 2. The summed E-state index contributed by atoms with van der Waals surface area (Å²) >= 11 is 0. The van der Waals surface area contributed by atoms with E-state index in [1.165, 1.54) is 6.20 Å². The molecule has 0 aliphatic heterocycles. The van der Waals surface area contributed by atoms with Crippen LogP contribution in [0.4, 0.5) is 0 Å². The highest BCUT2D eigenvalue weighted by molar-refractivity contribution is 7.89. The highest BCUT2D eigenvalue weighted by atomic mass is 32.2. The van der Waals surface area contributed by atoms with E-state index < -0.39 is 15.5 Å². The van der Waals surface area contributed by atoms with Crippen LogP contribution in [0.1, 0.15) is 6.92 Å². The Balaban J connectivity index is 2.72. The van der Waals surface area contributed by atoms with Crippen molar-refractivity contribution in [3.8, 4) is 0 Å². The first kappa shape index (κ1) is 12.9. The lowest BCUT2D eigenvalue weighted by atomic mass is 10.5. The monoisotopic (exact) mass is 246 g/mol. The van der Waals surface area contributed by atoms with Crippen LogP contribution in [0.25, 0.3) is 0 Å². The minimum Gasteiger partial charge on any atom is -0.380 e. The molecule has 1 rings (SSSR count). The molecule has 6 nitrogen and oxygen atoms in total. The molecule has 0 spiro atoms. The van der Waals surface area contributed by atoms with Crippen LogP contribution in [0.15, 0.2) is 28.2 Å². The van der Waals surface area contributed by atoms with Gasteiger partial charge in [0.05, 0.1) is 6.61 Å². The van der Waals surface area contributed by atoms with Crippen molar-refractivity contribution in [1.82, 2.24) is 9.71 Å². The normalized spacial score (nSPS) is 11.6. The lowest BCUT2D eigenvalue weighted by Gasteiger charge is -2.05. The van der Waals surface area contributed by atoms with E-state index in [1.54, 1.807) is 0 Å². The van der Waals surface area contributed by atoms with Gasteiger partial charge in [-0.2, -0.15) is 0 Å². The van der Waals surface area contributed by atoms with E-state index >= 15 is 0 Å². The van der Waals surface area contributed by atoms with Crippen LogP contribution in [0.3, 0.4) is 0 Å². The quantitative estimate of drug-likeness (QED) is 0.674. The van der Waals surface area contributed by atoms with Gasteiger partial charge in [-0.25, -0.2) is 13.1 Å². The molecule has 1 heterocycles. The van der Waals surface area contributed by atoms with Gasteiger partial charge in [-0.1, -0.05) is 0 Å². The maximum absolute atomic E-state index is 11.6. The predicted octanol–water partition coefficient (Wildman–Crippen LogP) is -0.310. The van der Waals surface area contributed by atoms with Gasteiger partial charge in [-0.3, -0.25) is 4.79 Å². The molecule has 0 aliphatic rings. The van der Waals surface area contributed by atoms with E-state index in [4.69, 9.17) is 4.74 Å². The number of sulfonamides is 1. The largest absolute Gasteiger partial charge is 0.380 e. The molecular weight excluding hydrogens is 232 g/mol. The highest BCUT2D eigenvalue weighted by Crippen LogP contribution is 1.98. The van der Waals surface area contributed by atoms with Crippen LogP contribution in [0.5, 0.6) is 0 Å². The molecule has 2 N–H and O–H groups in total. The van der Waals surface area contributed by atoms with Crippen LogP contribution in [0.2, 0.25) is 0 Å². The van der Waals surface area contributed by atoms with Crippen LogP contribution in [-0.4, -0.2) is 33.2 Å². The summed E-state index contributed by atoms with van der Waals surface area (Å²) in [4.78, 5) is 13.6. The van der Waals surface area contributed by atoms with E-state index in [-0.39, 0.29) is 18.0 Å². The Morgan fingerprint density at radius 3 is 2.88 bits per heavy atom. The third kappa shape index (κ3) is 3.44. The number of ether oxygens (including phenoxy) is 1. The summed E-state index contributed by atoms with van der Waals surface area (Å²) < 4.78 is 30.5. The fraction of sp³-hybridized carbons (Fsp3) is 0.444. The number of H-pyrrole nitrogens is 1. The second-order valence-corrected chi connectivity index (χ2v) is 4.70. The molecule has 0 aromatic carbocycles. The van der Waals surface area contributed by atoms with Crippen LogP contribution < -0.4 is 10.2 Å². The molecule has 0 unspecified atom stereocenters. The maximum Gasteiger partial charge on any atom is 0.245 e. The maximum atomic E-state index is 11.6. The van der Waals surface area contributed by atoms with Gasteiger partial charge in [-0.05, 0) is 6.92 Å². The molecule has 1 aromatic rings. The Hall–Kier alpha value is -1.18. The number of aromatic nitrogens is 1. The lowest BCUT2D eigenvalue weighted by molar-refractivity contribution is 0.153. The van der Waals surface area contributed by atoms with Crippen molar-refractivity contribution in [3.05, 3.63) is 28.7 Å². The van der Waals surface area contributed by atoms with Gasteiger partial charge in [0.2, 0.25) is 15.5 Å². The van der Waals surface area contributed by atoms with E-state index in [1.807, 2.05) is 6.92 Å². The lowest BCUT2D eigenvalue weighted by Crippen LogP contribution is -2.31. The van der Waals surface area contributed by atoms with Crippen LogP contribution >= 0.6 is 0 Å². The van der Waals surface area contributed by atoms with E-state index in [2.05, 4.69) is 9.71 Å². The highest BCUT2D eigenvalue weighted by Gasteiger charge is 2.16. The SMILES string of the molecule is CCOCCNS(=O)(=O)c1c[nH]ccc1=O. The van der Waals surface area contributed by atoms with Gasteiger partial charge in [0.15, 0.2) is 0 Å². The molecule has 90 valence electrons. The van der Waals surface area contributed by atoms with Crippen LogP contribution in [-0.2, 0) is 14.8 Å². The zero-order valence-corrected chi connectivity index (χ0v) is 9.71. The standard InChI is InChI=1S/C9H14N2O4S/c1-2-15-6-5-11-16(13,14)9-7-10-4-3-8(9)12/h3-4,7,11H,2,5-6H2,1H3,(H,10,12). The van der Waals surface area contributed by atoms with Crippen molar-refractivity contribution in [1.29, 1.82) is 0 Å². The number of hydrogen-bond acceptors (Lipinski definition) is 4. The third-order valence-corrected chi connectivity index (χ3v) is 3.30. The van der Waals surface area contributed by atoms with Crippen molar-refractivity contribution in [2.75, 3.05) is 19.8 Å².